The number of hydrogen-bond donors (Lipinski definition) is 0. The van der Waals surface area contributed by atoms with Gasteiger partial charge in [-0.15, -0.1) is 0 Å². The van der Waals surface area contributed by atoms with Crippen LogP contribution in [0.1, 0.15) is 26.3 Å². The summed E-state index contributed by atoms with van der Waals surface area (Å²) >= 11 is 3.33. The zero-order valence-corrected chi connectivity index (χ0v) is 11.7. The van der Waals surface area contributed by atoms with E-state index in [4.69, 9.17) is 4.74 Å². The molecular formula is C13H15BrFNO. The van der Waals surface area contributed by atoms with Gasteiger partial charge in [-0.3, -0.25) is 0 Å². The molecular weight excluding hydrogens is 285 g/mol. The van der Waals surface area contributed by atoms with Crippen molar-refractivity contribution in [1.29, 1.82) is 0 Å². The monoisotopic (exact) mass is 299 g/mol. The predicted molar refractivity (Wildman–Crippen MR) is 69.8 cm³/mol. The molecule has 0 amide bonds. The Morgan fingerprint density at radius 3 is 2.65 bits per heavy atom. The van der Waals surface area contributed by atoms with Gasteiger partial charge in [-0.05, 0) is 39.5 Å². The van der Waals surface area contributed by atoms with Crippen molar-refractivity contribution < 1.29 is 9.13 Å². The smallest absolute Gasteiger partial charge is 0.217 e. The third kappa shape index (κ3) is 2.68. The molecule has 1 unspecified atom stereocenters. The highest BCUT2D eigenvalue weighted by Gasteiger charge is 2.31. The third-order valence-electron chi connectivity index (χ3n) is 2.81. The highest BCUT2D eigenvalue weighted by Crippen LogP contribution is 2.29. The standard InChI is InChI=1S/C13H15BrFNO/c1-13(2,3)11-7-17-12(16-11)9-5-4-8(15)6-10(9)14/h4-6,11H,7H2,1-3H3. The number of nitrogens with zero attached hydrogens (tertiary/aromatic N) is 1. The SMILES string of the molecule is CC(C)(C)C1COC(c2ccc(F)cc2Br)=N1. The third-order valence-corrected chi connectivity index (χ3v) is 3.47. The zero-order chi connectivity index (χ0) is 12.6. The lowest BCUT2D eigenvalue weighted by Crippen LogP contribution is -2.25. The van der Waals surface area contributed by atoms with Crippen LogP contribution in [0.3, 0.4) is 0 Å². The van der Waals surface area contributed by atoms with Crippen molar-refractivity contribution in [2.75, 3.05) is 6.61 Å². The van der Waals surface area contributed by atoms with E-state index >= 15 is 0 Å². The van der Waals surface area contributed by atoms with E-state index in [1.165, 1.54) is 12.1 Å². The molecule has 2 nitrogen and oxygen atoms in total. The predicted octanol–water partition coefficient (Wildman–Crippen LogP) is 3.78. The fraction of sp³-hybridized carbons (Fsp3) is 0.462. The maximum absolute atomic E-state index is 13.0. The van der Waals surface area contributed by atoms with Crippen LogP contribution in [-0.4, -0.2) is 18.5 Å². The van der Waals surface area contributed by atoms with Crippen LogP contribution in [0.2, 0.25) is 0 Å². The van der Waals surface area contributed by atoms with Crippen molar-refractivity contribution in [3.05, 3.63) is 34.1 Å². The molecule has 0 saturated heterocycles. The van der Waals surface area contributed by atoms with Crippen LogP contribution in [0, 0.1) is 11.2 Å². The molecule has 0 saturated carbocycles. The summed E-state index contributed by atoms with van der Waals surface area (Å²) in [5.41, 5.74) is 0.881. The van der Waals surface area contributed by atoms with Gasteiger partial charge in [0.2, 0.25) is 5.90 Å². The first-order valence-electron chi connectivity index (χ1n) is 5.54. The van der Waals surface area contributed by atoms with Crippen LogP contribution in [0.15, 0.2) is 27.7 Å². The van der Waals surface area contributed by atoms with E-state index in [9.17, 15) is 4.39 Å². The normalized spacial score (nSPS) is 20.1. The minimum Gasteiger partial charge on any atom is -0.475 e. The van der Waals surface area contributed by atoms with Crippen molar-refractivity contribution in [2.45, 2.75) is 26.8 Å². The van der Waals surface area contributed by atoms with Crippen LogP contribution in [0.4, 0.5) is 4.39 Å². The van der Waals surface area contributed by atoms with Crippen molar-refractivity contribution in [3.63, 3.8) is 0 Å². The van der Waals surface area contributed by atoms with Gasteiger partial charge in [0.1, 0.15) is 12.4 Å². The minimum absolute atomic E-state index is 0.0776. The quantitative estimate of drug-likeness (QED) is 0.773. The summed E-state index contributed by atoms with van der Waals surface area (Å²) in [6.45, 7) is 6.98. The zero-order valence-electron chi connectivity index (χ0n) is 10.1. The Hall–Kier alpha value is -0.900. The molecule has 2 rings (SSSR count). The fourth-order valence-corrected chi connectivity index (χ4v) is 2.15. The molecule has 0 radical (unpaired) electrons. The number of ether oxygens (including phenoxy) is 1. The van der Waals surface area contributed by atoms with Gasteiger partial charge in [0.15, 0.2) is 0 Å². The van der Waals surface area contributed by atoms with E-state index in [1.807, 2.05) is 0 Å². The van der Waals surface area contributed by atoms with Crippen molar-refractivity contribution in [1.82, 2.24) is 0 Å². The molecule has 0 N–H and O–H groups in total. The van der Waals surface area contributed by atoms with Crippen LogP contribution < -0.4 is 0 Å². The average molecular weight is 300 g/mol. The highest BCUT2D eigenvalue weighted by atomic mass is 79.9. The lowest BCUT2D eigenvalue weighted by Gasteiger charge is -2.21. The molecule has 4 heteroatoms. The Morgan fingerprint density at radius 2 is 2.12 bits per heavy atom. The maximum atomic E-state index is 13.0. The summed E-state index contributed by atoms with van der Waals surface area (Å²) in [6, 6.07) is 4.67. The van der Waals surface area contributed by atoms with E-state index in [0.717, 1.165) is 5.56 Å². The Balaban J connectivity index is 2.30. The van der Waals surface area contributed by atoms with Gasteiger partial charge in [0.25, 0.3) is 0 Å². The lowest BCUT2D eigenvalue weighted by molar-refractivity contribution is 0.236. The topological polar surface area (TPSA) is 21.6 Å². The van der Waals surface area contributed by atoms with Crippen LogP contribution >= 0.6 is 15.9 Å². The molecule has 0 spiro atoms. The largest absolute Gasteiger partial charge is 0.475 e. The van der Waals surface area contributed by atoms with E-state index < -0.39 is 0 Å². The molecule has 1 aromatic carbocycles. The summed E-state index contributed by atoms with van der Waals surface area (Å²) in [5, 5.41) is 0. The minimum atomic E-state index is -0.272. The Kier molecular flexibility index (Phi) is 3.25. The van der Waals surface area contributed by atoms with E-state index in [1.54, 1.807) is 6.07 Å². The first-order chi connectivity index (χ1) is 7.88. The Labute approximate surface area is 109 Å². The fourth-order valence-electron chi connectivity index (χ4n) is 1.63. The van der Waals surface area contributed by atoms with Gasteiger partial charge in [-0.1, -0.05) is 20.8 Å². The molecule has 17 heavy (non-hydrogen) atoms. The highest BCUT2D eigenvalue weighted by molar-refractivity contribution is 9.10. The number of benzene rings is 1. The molecule has 1 aliphatic rings. The van der Waals surface area contributed by atoms with Gasteiger partial charge in [-0.25, -0.2) is 9.38 Å². The van der Waals surface area contributed by atoms with E-state index in [2.05, 4.69) is 41.7 Å². The first-order valence-corrected chi connectivity index (χ1v) is 6.33. The van der Waals surface area contributed by atoms with Crippen molar-refractivity contribution in [3.8, 4) is 0 Å². The molecule has 0 aliphatic carbocycles. The van der Waals surface area contributed by atoms with Crippen LogP contribution in [0.25, 0.3) is 0 Å². The summed E-state index contributed by atoms with van der Waals surface area (Å²) in [5.74, 6) is 0.323. The van der Waals surface area contributed by atoms with Gasteiger partial charge < -0.3 is 4.74 Å². The van der Waals surface area contributed by atoms with Crippen LogP contribution in [-0.2, 0) is 4.74 Å². The number of hydrogen-bond acceptors (Lipinski definition) is 2. The van der Waals surface area contributed by atoms with Gasteiger partial charge in [0.05, 0.1) is 11.6 Å². The van der Waals surface area contributed by atoms with E-state index in [0.29, 0.717) is 17.0 Å². The average Bonchev–Trinajstić information content (AvgIpc) is 2.65. The number of rotatable bonds is 1. The summed E-state index contributed by atoms with van der Waals surface area (Å²) < 4.78 is 19.3. The van der Waals surface area contributed by atoms with E-state index in [-0.39, 0.29) is 17.3 Å². The molecule has 1 heterocycles. The van der Waals surface area contributed by atoms with Gasteiger partial charge >= 0.3 is 0 Å². The second-order valence-electron chi connectivity index (χ2n) is 5.25. The first kappa shape index (κ1) is 12.6. The molecule has 0 bridgehead atoms. The molecule has 92 valence electrons. The number of halogens is 2. The molecule has 0 aromatic heterocycles. The van der Waals surface area contributed by atoms with Crippen LogP contribution in [0.5, 0.6) is 0 Å². The second-order valence-corrected chi connectivity index (χ2v) is 6.11. The summed E-state index contributed by atoms with van der Waals surface area (Å²) in [6.07, 6.45) is 0. The molecule has 0 fully saturated rings. The van der Waals surface area contributed by atoms with Gasteiger partial charge in [0, 0.05) is 4.47 Å². The molecule has 1 aromatic rings. The maximum Gasteiger partial charge on any atom is 0.217 e. The summed E-state index contributed by atoms with van der Waals surface area (Å²) in [7, 11) is 0. The Morgan fingerprint density at radius 1 is 1.41 bits per heavy atom. The second kappa shape index (κ2) is 4.41. The molecule has 1 atom stereocenters. The summed E-state index contributed by atoms with van der Waals surface area (Å²) in [4.78, 5) is 4.56. The van der Waals surface area contributed by atoms with Gasteiger partial charge in [-0.2, -0.15) is 0 Å². The Bertz CT molecular complexity index is 465. The van der Waals surface area contributed by atoms with Crippen molar-refractivity contribution in [2.24, 2.45) is 10.4 Å². The van der Waals surface area contributed by atoms with Crippen molar-refractivity contribution >= 4 is 21.8 Å². The number of aliphatic imine (C=N–C) groups is 1. The lowest BCUT2D eigenvalue weighted by atomic mass is 9.88. The molecule has 1 aliphatic heterocycles.